The van der Waals surface area contributed by atoms with Crippen LogP contribution in [0.4, 0.5) is 0 Å². The average molecular weight is 509 g/mol. The smallest absolute Gasteiger partial charge is 0.122 e. The molecule has 2 aromatic rings. The van der Waals surface area contributed by atoms with Gasteiger partial charge in [-0.3, -0.25) is 0 Å². The number of aryl methyl sites for hydroxylation is 4. The number of phenols is 2. The van der Waals surface area contributed by atoms with Crippen LogP contribution in [0, 0.1) is 13.8 Å². The van der Waals surface area contributed by atoms with Gasteiger partial charge in [-0.15, -0.1) is 0 Å². The molecule has 2 nitrogen and oxygen atoms in total. The van der Waals surface area contributed by atoms with E-state index in [-0.39, 0.29) is 5.92 Å². The van der Waals surface area contributed by atoms with Gasteiger partial charge in [-0.2, -0.15) is 0 Å². The summed E-state index contributed by atoms with van der Waals surface area (Å²) >= 11 is 0. The lowest BCUT2D eigenvalue weighted by atomic mass is 9.83. The molecule has 0 spiro atoms. The van der Waals surface area contributed by atoms with Crippen LogP contribution >= 0.6 is 0 Å². The number of rotatable bonds is 19. The predicted octanol–water partition coefficient (Wildman–Crippen LogP) is 10.8. The zero-order valence-electron chi connectivity index (χ0n) is 24.8. The van der Waals surface area contributed by atoms with E-state index >= 15 is 0 Å². The van der Waals surface area contributed by atoms with Gasteiger partial charge >= 0.3 is 0 Å². The van der Waals surface area contributed by atoms with Crippen molar-refractivity contribution in [3.05, 3.63) is 57.6 Å². The Morgan fingerprint density at radius 2 is 0.865 bits per heavy atom. The van der Waals surface area contributed by atoms with E-state index in [0.29, 0.717) is 11.5 Å². The van der Waals surface area contributed by atoms with E-state index in [2.05, 4.69) is 58.9 Å². The van der Waals surface area contributed by atoms with E-state index in [1.54, 1.807) is 0 Å². The van der Waals surface area contributed by atoms with Crippen molar-refractivity contribution in [3.8, 4) is 11.5 Å². The maximum absolute atomic E-state index is 11.4. The maximum Gasteiger partial charge on any atom is 0.122 e. The Kier molecular flexibility index (Phi) is 14.8. The van der Waals surface area contributed by atoms with Crippen LogP contribution in [0.1, 0.15) is 156 Å². The molecule has 0 atom stereocenters. The molecule has 0 saturated heterocycles. The van der Waals surface area contributed by atoms with Gasteiger partial charge in [-0.1, -0.05) is 133 Å². The minimum atomic E-state index is 0.000359. The van der Waals surface area contributed by atoms with Crippen LogP contribution in [-0.2, 0) is 12.8 Å². The molecule has 0 aliphatic heterocycles. The van der Waals surface area contributed by atoms with E-state index in [0.717, 1.165) is 54.4 Å². The molecule has 2 N–H and O–H groups in total. The van der Waals surface area contributed by atoms with Crippen LogP contribution in [0.25, 0.3) is 0 Å². The van der Waals surface area contributed by atoms with Gasteiger partial charge in [0.05, 0.1) is 0 Å². The third-order valence-electron chi connectivity index (χ3n) is 7.98. The van der Waals surface area contributed by atoms with Crippen molar-refractivity contribution in [3.63, 3.8) is 0 Å². The van der Waals surface area contributed by atoms with E-state index in [9.17, 15) is 10.2 Å². The number of unbranched alkanes of at least 4 members (excludes halogenated alkanes) is 12. The Morgan fingerprint density at radius 1 is 0.514 bits per heavy atom. The second-order valence-corrected chi connectivity index (χ2v) is 11.4. The summed E-state index contributed by atoms with van der Waals surface area (Å²) < 4.78 is 0. The quantitative estimate of drug-likeness (QED) is 0.185. The number of phenolic OH excluding ortho intramolecular Hbond substituents is 2. The zero-order chi connectivity index (χ0) is 27.0. The number of hydrogen-bond donors (Lipinski definition) is 2. The fourth-order valence-electron chi connectivity index (χ4n) is 5.83. The first-order chi connectivity index (χ1) is 17.9. The van der Waals surface area contributed by atoms with Gasteiger partial charge in [-0.25, -0.2) is 0 Å². The van der Waals surface area contributed by atoms with Crippen LogP contribution < -0.4 is 0 Å². The number of aromatic hydroxyl groups is 2. The van der Waals surface area contributed by atoms with E-state index in [1.807, 2.05) is 0 Å². The zero-order valence-corrected chi connectivity index (χ0v) is 24.8. The number of benzene rings is 2. The molecule has 2 heteroatoms. The second kappa shape index (κ2) is 17.5. The van der Waals surface area contributed by atoms with Gasteiger partial charge < -0.3 is 10.2 Å². The molecule has 0 saturated carbocycles. The molecule has 2 aromatic carbocycles. The Labute approximate surface area is 228 Å². The first-order valence-electron chi connectivity index (χ1n) is 15.6. The molecule has 0 aliphatic rings. The Bertz CT molecular complexity index is 840. The second-order valence-electron chi connectivity index (χ2n) is 11.4. The summed E-state index contributed by atoms with van der Waals surface area (Å²) in [6.07, 6.45) is 20.6. The lowest BCUT2D eigenvalue weighted by molar-refractivity contribution is 0.443. The molecular formula is C35H56O2. The fraction of sp³-hybridized carbons (Fsp3) is 0.657. The first-order valence-corrected chi connectivity index (χ1v) is 15.6. The van der Waals surface area contributed by atoms with Crippen LogP contribution in [0.5, 0.6) is 11.5 Å². The largest absolute Gasteiger partial charge is 0.507 e. The summed E-state index contributed by atoms with van der Waals surface area (Å²) in [5, 5.41) is 22.7. The summed E-state index contributed by atoms with van der Waals surface area (Å²) in [5.41, 5.74) is 6.47. The minimum absolute atomic E-state index is 0.000359. The molecule has 0 radical (unpaired) electrons. The molecule has 0 fully saturated rings. The van der Waals surface area contributed by atoms with E-state index in [1.165, 1.54) is 88.2 Å². The molecule has 0 aromatic heterocycles. The standard InChI is InChI=1S/C35H56O2/c1-6-9-11-13-15-17-19-21-29-23-27(4)25-32(34(29)36)31(8-3)33-26-28(5)24-30(35(33)37)22-20-18-16-14-12-10-7-2/h23-26,31,36-37H,6-22H2,1-5H3. The van der Waals surface area contributed by atoms with Crippen molar-refractivity contribution in [2.45, 2.75) is 150 Å². The van der Waals surface area contributed by atoms with Gasteiger partial charge in [0.2, 0.25) is 0 Å². The van der Waals surface area contributed by atoms with Gasteiger partial charge in [0, 0.05) is 17.0 Å². The molecule has 0 heterocycles. The highest BCUT2D eigenvalue weighted by Gasteiger charge is 2.23. The predicted molar refractivity (Wildman–Crippen MR) is 161 cm³/mol. The highest BCUT2D eigenvalue weighted by Crippen LogP contribution is 2.42. The van der Waals surface area contributed by atoms with Crippen LogP contribution in [0.3, 0.4) is 0 Å². The van der Waals surface area contributed by atoms with Crippen molar-refractivity contribution in [2.24, 2.45) is 0 Å². The normalized spacial score (nSPS) is 11.5. The highest BCUT2D eigenvalue weighted by molar-refractivity contribution is 5.54. The topological polar surface area (TPSA) is 40.5 Å². The van der Waals surface area contributed by atoms with Gasteiger partial charge in [0.1, 0.15) is 11.5 Å². The van der Waals surface area contributed by atoms with Crippen molar-refractivity contribution < 1.29 is 10.2 Å². The lowest BCUT2D eigenvalue weighted by Gasteiger charge is -2.23. The Balaban J connectivity index is 2.13. The minimum Gasteiger partial charge on any atom is -0.507 e. The first kappa shape index (κ1) is 31.3. The van der Waals surface area contributed by atoms with Crippen molar-refractivity contribution in [1.82, 2.24) is 0 Å². The average Bonchev–Trinajstić information content (AvgIpc) is 2.88. The van der Waals surface area contributed by atoms with Gasteiger partial charge in [0.25, 0.3) is 0 Å². The molecule has 0 amide bonds. The third kappa shape index (κ3) is 10.4. The summed E-state index contributed by atoms with van der Waals surface area (Å²) in [7, 11) is 0. The van der Waals surface area contributed by atoms with Crippen molar-refractivity contribution in [1.29, 1.82) is 0 Å². The van der Waals surface area contributed by atoms with Crippen molar-refractivity contribution >= 4 is 0 Å². The SMILES string of the molecule is CCCCCCCCCc1cc(C)cc(C(CC)c2cc(C)cc(CCCCCCCCC)c2O)c1O. The van der Waals surface area contributed by atoms with E-state index < -0.39 is 0 Å². The highest BCUT2D eigenvalue weighted by atomic mass is 16.3. The molecule has 37 heavy (non-hydrogen) atoms. The van der Waals surface area contributed by atoms with E-state index in [4.69, 9.17) is 0 Å². The van der Waals surface area contributed by atoms with Gasteiger partial charge in [0.15, 0.2) is 0 Å². The summed E-state index contributed by atoms with van der Waals surface area (Å²) in [5.74, 6) is 0.885. The number of hydrogen-bond acceptors (Lipinski definition) is 2. The molecule has 0 unspecified atom stereocenters. The maximum atomic E-state index is 11.4. The van der Waals surface area contributed by atoms with Gasteiger partial charge in [-0.05, 0) is 57.1 Å². The Hall–Kier alpha value is -1.96. The summed E-state index contributed by atoms with van der Waals surface area (Å²) in [6.45, 7) is 10.9. The molecule has 0 aliphatic carbocycles. The van der Waals surface area contributed by atoms with Crippen LogP contribution in [0.15, 0.2) is 24.3 Å². The van der Waals surface area contributed by atoms with Crippen molar-refractivity contribution in [2.75, 3.05) is 0 Å². The lowest BCUT2D eigenvalue weighted by Crippen LogP contribution is -2.05. The third-order valence-corrected chi connectivity index (χ3v) is 7.98. The monoisotopic (exact) mass is 508 g/mol. The molecule has 0 bridgehead atoms. The van der Waals surface area contributed by atoms with Crippen LogP contribution in [-0.4, -0.2) is 10.2 Å². The summed E-state index contributed by atoms with van der Waals surface area (Å²) in [6, 6.07) is 8.58. The molecular weight excluding hydrogens is 452 g/mol. The Morgan fingerprint density at radius 3 is 1.22 bits per heavy atom. The summed E-state index contributed by atoms with van der Waals surface area (Å²) in [4.78, 5) is 0. The van der Waals surface area contributed by atoms with Crippen LogP contribution in [0.2, 0.25) is 0 Å². The molecule has 208 valence electrons. The fourth-order valence-corrected chi connectivity index (χ4v) is 5.83. The molecule has 2 rings (SSSR count).